The summed E-state index contributed by atoms with van der Waals surface area (Å²) in [7, 11) is 4.03. The van der Waals surface area contributed by atoms with Gasteiger partial charge in [0, 0.05) is 21.5 Å². The maximum Gasteiger partial charge on any atom is 0.355 e. The first-order chi connectivity index (χ1) is 12.5. The Morgan fingerprint density at radius 1 is 0.962 bits per heavy atom. The third-order valence-corrected chi connectivity index (χ3v) is 4.30. The molecule has 0 fully saturated rings. The number of nitrogens with one attached hydrogen (secondary N) is 1. The van der Waals surface area contributed by atoms with Gasteiger partial charge >= 0.3 is 11.9 Å². The Balaban J connectivity index is 2.29. The number of carbonyl (C=O) groups excluding carboxylic acids is 2. The van der Waals surface area contributed by atoms with Gasteiger partial charge in [-0.25, -0.2) is 9.59 Å². The Morgan fingerprint density at radius 3 is 2.19 bits per heavy atom. The van der Waals surface area contributed by atoms with E-state index in [9.17, 15) is 9.59 Å². The molecule has 0 aliphatic carbocycles. The number of carbonyl (C=O) groups is 2. The summed E-state index contributed by atoms with van der Waals surface area (Å²) in [6, 6.07) is 10.8. The van der Waals surface area contributed by atoms with Gasteiger partial charge in [-0.1, -0.05) is 23.7 Å². The van der Waals surface area contributed by atoms with Crippen LogP contribution in [0, 0.1) is 0 Å². The normalized spacial score (nSPS) is 10.6. The zero-order valence-corrected chi connectivity index (χ0v) is 15.1. The number of halogens is 1. The van der Waals surface area contributed by atoms with Gasteiger partial charge in [0.2, 0.25) is 0 Å². The molecule has 0 atom stereocenters. The molecule has 0 saturated carbocycles. The van der Waals surface area contributed by atoms with E-state index in [-0.39, 0.29) is 11.3 Å². The predicted molar refractivity (Wildman–Crippen MR) is 98.0 cm³/mol. The van der Waals surface area contributed by atoms with Crippen molar-refractivity contribution in [3.05, 3.63) is 52.7 Å². The third-order valence-electron chi connectivity index (χ3n) is 4.05. The molecule has 6 nitrogen and oxygen atoms in total. The van der Waals surface area contributed by atoms with Crippen molar-refractivity contribution in [2.24, 2.45) is 0 Å². The second-order valence-corrected chi connectivity index (χ2v) is 5.90. The number of esters is 2. The van der Waals surface area contributed by atoms with Crippen LogP contribution in [0.15, 0.2) is 36.4 Å². The van der Waals surface area contributed by atoms with E-state index >= 15 is 0 Å². The minimum Gasteiger partial charge on any atom is -0.496 e. The highest BCUT2D eigenvalue weighted by molar-refractivity contribution is 6.30. The monoisotopic (exact) mass is 373 g/mol. The van der Waals surface area contributed by atoms with Crippen LogP contribution in [0.3, 0.4) is 0 Å². The number of benzene rings is 2. The van der Waals surface area contributed by atoms with Gasteiger partial charge in [0.1, 0.15) is 11.4 Å². The van der Waals surface area contributed by atoms with Crippen molar-refractivity contribution in [3.8, 4) is 16.9 Å². The molecule has 3 rings (SSSR count). The zero-order chi connectivity index (χ0) is 18.8. The lowest BCUT2D eigenvalue weighted by Gasteiger charge is -2.10. The summed E-state index contributed by atoms with van der Waals surface area (Å²) in [6.07, 6.45) is 0. The number of ether oxygens (including phenoxy) is 3. The molecule has 26 heavy (non-hydrogen) atoms. The van der Waals surface area contributed by atoms with Crippen molar-refractivity contribution in [3.63, 3.8) is 0 Å². The molecule has 0 bridgehead atoms. The smallest absolute Gasteiger partial charge is 0.355 e. The average Bonchev–Trinajstić information content (AvgIpc) is 3.04. The van der Waals surface area contributed by atoms with E-state index in [4.69, 9.17) is 25.8 Å². The topological polar surface area (TPSA) is 77.6 Å². The lowest BCUT2D eigenvalue weighted by atomic mass is 10.0. The average molecular weight is 374 g/mol. The Bertz CT molecular complexity index is 991. The van der Waals surface area contributed by atoms with Crippen molar-refractivity contribution in [1.82, 2.24) is 4.98 Å². The zero-order valence-electron chi connectivity index (χ0n) is 14.4. The van der Waals surface area contributed by atoms with Gasteiger partial charge in [-0.15, -0.1) is 0 Å². The molecular weight excluding hydrogens is 358 g/mol. The quantitative estimate of drug-likeness (QED) is 0.697. The van der Waals surface area contributed by atoms with Crippen LogP contribution in [0.4, 0.5) is 0 Å². The van der Waals surface area contributed by atoms with E-state index in [1.165, 1.54) is 21.3 Å². The molecule has 1 aromatic heterocycles. The minimum absolute atomic E-state index is 0.0321. The SMILES string of the molecule is COC(=O)c1[nH]c2cc(-c3ccc(Cl)cc3)c(OC)cc2c1C(=O)OC. The van der Waals surface area contributed by atoms with Crippen LogP contribution in [0.25, 0.3) is 22.0 Å². The van der Waals surface area contributed by atoms with E-state index < -0.39 is 11.9 Å². The largest absolute Gasteiger partial charge is 0.496 e. The molecule has 1 N–H and O–H groups in total. The van der Waals surface area contributed by atoms with Gasteiger partial charge in [0.15, 0.2) is 0 Å². The van der Waals surface area contributed by atoms with E-state index in [1.54, 1.807) is 24.3 Å². The van der Waals surface area contributed by atoms with E-state index in [2.05, 4.69) is 4.98 Å². The molecule has 0 unspecified atom stereocenters. The molecule has 3 aromatic rings. The lowest BCUT2D eigenvalue weighted by molar-refractivity contribution is 0.0553. The van der Waals surface area contributed by atoms with Crippen LogP contribution < -0.4 is 4.74 Å². The number of aromatic nitrogens is 1. The Labute approximate surface area is 154 Å². The fourth-order valence-corrected chi connectivity index (χ4v) is 2.94. The summed E-state index contributed by atoms with van der Waals surface area (Å²) in [5.41, 5.74) is 2.38. The van der Waals surface area contributed by atoms with Crippen LogP contribution in [-0.4, -0.2) is 38.3 Å². The number of hydrogen-bond acceptors (Lipinski definition) is 5. The summed E-state index contributed by atoms with van der Waals surface area (Å²) < 4.78 is 15.1. The van der Waals surface area contributed by atoms with Crippen LogP contribution in [0.5, 0.6) is 5.75 Å². The Hall–Kier alpha value is -2.99. The molecule has 134 valence electrons. The van der Waals surface area contributed by atoms with Crippen molar-refractivity contribution in [2.45, 2.75) is 0 Å². The number of rotatable bonds is 4. The van der Waals surface area contributed by atoms with Crippen LogP contribution in [0.1, 0.15) is 20.8 Å². The van der Waals surface area contributed by atoms with Gasteiger partial charge in [-0.2, -0.15) is 0 Å². The number of hydrogen-bond donors (Lipinski definition) is 1. The summed E-state index contributed by atoms with van der Waals surface area (Å²) in [6.45, 7) is 0. The first kappa shape index (κ1) is 17.8. The van der Waals surface area contributed by atoms with Crippen LogP contribution >= 0.6 is 11.6 Å². The molecule has 0 aliphatic heterocycles. The summed E-state index contributed by atoms with van der Waals surface area (Å²) in [5.74, 6) is -0.757. The molecular formula is C19H16ClNO5. The maximum absolute atomic E-state index is 12.2. The fourth-order valence-electron chi connectivity index (χ4n) is 2.82. The van der Waals surface area contributed by atoms with Gasteiger partial charge in [0.25, 0.3) is 0 Å². The minimum atomic E-state index is -0.659. The molecule has 0 radical (unpaired) electrons. The Kier molecular flexibility index (Phi) is 4.86. The maximum atomic E-state index is 12.2. The van der Waals surface area contributed by atoms with Crippen molar-refractivity contribution in [1.29, 1.82) is 0 Å². The molecule has 1 heterocycles. The second-order valence-electron chi connectivity index (χ2n) is 5.46. The number of aromatic amines is 1. The molecule has 0 amide bonds. The van der Waals surface area contributed by atoms with Gasteiger partial charge in [0.05, 0.1) is 26.9 Å². The molecule has 0 aliphatic rings. The van der Waals surface area contributed by atoms with Gasteiger partial charge in [-0.05, 0) is 29.8 Å². The second kappa shape index (κ2) is 7.09. The van der Waals surface area contributed by atoms with Crippen molar-refractivity contribution in [2.75, 3.05) is 21.3 Å². The van der Waals surface area contributed by atoms with E-state index in [0.717, 1.165) is 11.1 Å². The molecule has 7 heteroatoms. The third kappa shape index (κ3) is 2.99. The Morgan fingerprint density at radius 2 is 1.62 bits per heavy atom. The van der Waals surface area contributed by atoms with Gasteiger partial charge in [-0.3, -0.25) is 0 Å². The summed E-state index contributed by atoms with van der Waals surface area (Å²) in [5, 5.41) is 1.13. The number of fused-ring (bicyclic) bond motifs is 1. The number of methoxy groups -OCH3 is 3. The molecule has 0 spiro atoms. The first-order valence-corrected chi connectivity index (χ1v) is 8.04. The highest BCUT2D eigenvalue weighted by Gasteiger charge is 2.26. The van der Waals surface area contributed by atoms with Crippen LogP contribution in [-0.2, 0) is 9.47 Å². The highest BCUT2D eigenvalue weighted by atomic mass is 35.5. The first-order valence-electron chi connectivity index (χ1n) is 7.66. The standard InChI is InChI=1S/C19H16ClNO5/c1-24-15-9-13-14(8-12(15)10-4-6-11(20)7-5-10)21-17(19(23)26-3)16(13)18(22)25-2/h4-9,21H,1-3H3. The molecule has 0 saturated heterocycles. The lowest BCUT2D eigenvalue weighted by Crippen LogP contribution is -2.10. The van der Waals surface area contributed by atoms with Gasteiger partial charge < -0.3 is 19.2 Å². The van der Waals surface area contributed by atoms with Crippen LogP contribution in [0.2, 0.25) is 5.02 Å². The predicted octanol–water partition coefficient (Wildman–Crippen LogP) is 4.07. The van der Waals surface area contributed by atoms with E-state index in [0.29, 0.717) is 21.7 Å². The van der Waals surface area contributed by atoms with Crippen molar-refractivity contribution < 1.29 is 23.8 Å². The summed E-state index contributed by atoms with van der Waals surface area (Å²) in [4.78, 5) is 27.2. The van der Waals surface area contributed by atoms with E-state index in [1.807, 2.05) is 12.1 Å². The molecule has 2 aromatic carbocycles. The number of H-pyrrole nitrogens is 1. The highest BCUT2D eigenvalue weighted by Crippen LogP contribution is 2.37. The fraction of sp³-hybridized carbons (Fsp3) is 0.158. The summed E-state index contributed by atoms with van der Waals surface area (Å²) >= 11 is 5.95. The van der Waals surface area contributed by atoms with Crippen molar-refractivity contribution >= 4 is 34.4 Å².